The van der Waals surface area contributed by atoms with Crippen LogP contribution in [0.5, 0.6) is 0 Å². The molecule has 19 nitrogen and oxygen atoms in total. The molecule has 3 rings (SSSR count). The van der Waals surface area contributed by atoms with Crippen molar-refractivity contribution in [2.45, 2.75) is 187 Å². The zero-order valence-electron chi connectivity index (χ0n) is 46.9. The quantitative estimate of drug-likeness (QED) is 0.0186. The van der Waals surface area contributed by atoms with Gasteiger partial charge in [-0.15, -0.1) is 17.0 Å². The van der Waals surface area contributed by atoms with Gasteiger partial charge in [-0.1, -0.05) is 21.6 Å². The molecule has 0 aromatic heterocycles. The van der Waals surface area contributed by atoms with Gasteiger partial charge in [-0.2, -0.15) is 25.3 Å². The second kappa shape index (κ2) is 47.5. The molecule has 0 atom stereocenters. The molecule has 0 aliphatic heterocycles. The Morgan fingerprint density at radius 2 is 0.947 bits per heavy atom. The van der Waals surface area contributed by atoms with Crippen molar-refractivity contribution in [2.24, 2.45) is 33.4 Å². The van der Waals surface area contributed by atoms with Gasteiger partial charge in [0.2, 0.25) is 0 Å². The number of ketones is 1. The predicted octanol–water partition coefficient (Wildman–Crippen LogP) is 4.56. The minimum Gasteiger partial charge on any atom is -0.512 e. The molecule has 26 heteroatoms. The summed E-state index contributed by atoms with van der Waals surface area (Å²) in [6, 6.07) is 0.955. The van der Waals surface area contributed by atoms with E-state index in [1.807, 2.05) is 21.6 Å². The first kappa shape index (κ1) is 83.7. The number of Topliss-reactive ketones (excluding diaryl/α,β-unsaturated/α-hetero) is 1. The van der Waals surface area contributed by atoms with E-state index in [4.69, 9.17) is 48.7 Å². The largest absolute Gasteiger partial charge is 1.00 e. The number of carbonyl (C=O) groups excluding carboxylic acids is 3. The van der Waals surface area contributed by atoms with Gasteiger partial charge in [-0.05, 0) is 192 Å². The van der Waals surface area contributed by atoms with E-state index in [9.17, 15) is 33.9 Å². The third-order valence-electron chi connectivity index (χ3n) is 12.5. The molecule has 0 bridgehead atoms. The summed E-state index contributed by atoms with van der Waals surface area (Å²) < 4.78 is 10.4. The number of thiol groups is 2. The van der Waals surface area contributed by atoms with Crippen LogP contribution in [0.4, 0.5) is 9.59 Å². The summed E-state index contributed by atoms with van der Waals surface area (Å²) >= 11 is 8.38. The third-order valence-corrected chi connectivity index (χ3v) is 15.7. The summed E-state index contributed by atoms with van der Waals surface area (Å²) in [5, 5.41) is 45.8. The minimum atomic E-state index is -0.912. The van der Waals surface area contributed by atoms with Gasteiger partial charge in [0, 0.05) is 57.9 Å². The Hall–Kier alpha value is -1.15. The van der Waals surface area contributed by atoms with Crippen molar-refractivity contribution < 1.29 is 83.1 Å². The molecule has 3 aliphatic carbocycles. The molecule has 13 N–H and O–H groups in total. The van der Waals surface area contributed by atoms with Crippen LogP contribution in [-0.4, -0.2) is 152 Å². The Morgan fingerprint density at radius 1 is 0.632 bits per heavy atom. The first-order valence-corrected chi connectivity index (χ1v) is 29.4. The first-order valence-electron chi connectivity index (χ1n) is 25.7. The van der Waals surface area contributed by atoms with E-state index in [0.29, 0.717) is 50.9 Å². The number of nitrogens with zero attached hydrogens (tertiary/aromatic N) is 1. The normalized spacial score (nSPS) is 20.5. The molecule has 0 saturated heterocycles. The number of hydrogen-bond donors (Lipinski definition) is 12. The van der Waals surface area contributed by atoms with Crippen LogP contribution >= 0.6 is 63.8 Å². The van der Waals surface area contributed by atoms with Crippen LogP contribution in [0.3, 0.4) is 0 Å². The molecule has 76 heavy (non-hydrogen) atoms. The zero-order valence-corrected chi connectivity index (χ0v) is 54.0. The van der Waals surface area contributed by atoms with Crippen molar-refractivity contribution >= 4 is 108 Å². The van der Waals surface area contributed by atoms with Gasteiger partial charge in [0.15, 0.2) is 0 Å². The molecule has 0 spiro atoms. The fraction of sp³-hybridized carbons (Fsp3) is 0.860. The average Bonchev–Trinajstić information content (AvgIpc) is 3.31. The fourth-order valence-electron chi connectivity index (χ4n) is 8.50. The summed E-state index contributed by atoms with van der Waals surface area (Å²) in [5.41, 5.74) is 14.2. The van der Waals surface area contributed by atoms with Crippen LogP contribution in [0, 0.1) is 28.1 Å². The summed E-state index contributed by atoms with van der Waals surface area (Å²) in [5.74, 6) is 1.82. The Bertz CT molecular complexity index is 1580. The van der Waals surface area contributed by atoms with Gasteiger partial charge < -0.3 is 75.1 Å². The molecule has 437 valence electrons. The number of halogens is 1. The number of aliphatic carboxylic acids is 3. The number of alkyl carbamates (subject to hydrolysis) is 2. The maximum atomic E-state index is 11.9. The number of ether oxygens (including phenoxy) is 2. The van der Waals surface area contributed by atoms with Crippen LogP contribution in [0.1, 0.15) is 164 Å². The molecule has 0 heterocycles. The molecule has 3 aliphatic rings. The van der Waals surface area contributed by atoms with Crippen molar-refractivity contribution in [2.75, 3.05) is 68.8 Å². The average molecular weight is 1230 g/mol. The minimum absolute atomic E-state index is 0. The number of carbonyl (C=O) groups is 6. The van der Waals surface area contributed by atoms with Gasteiger partial charge in [0.1, 0.15) is 17.0 Å². The molecule has 0 unspecified atom stereocenters. The van der Waals surface area contributed by atoms with Crippen molar-refractivity contribution in [3.05, 3.63) is 6.57 Å². The van der Waals surface area contributed by atoms with Crippen LogP contribution in [0.25, 0.3) is 0 Å². The van der Waals surface area contributed by atoms with E-state index in [0.717, 1.165) is 115 Å². The van der Waals surface area contributed by atoms with Crippen molar-refractivity contribution in [3.63, 3.8) is 0 Å². The van der Waals surface area contributed by atoms with E-state index in [2.05, 4.69) is 46.5 Å². The van der Waals surface area contributed by atoms with Crippen LogP contribution in [-0.2, 0) is 28.7 Å². The second-order valence-corrected chi connectivity index (χ2v) is 24.8. The van der Waals surface area contributed by atoms with E-state index >= 15 is 0 Å². The molecule has 0 aromatic carbocycles. The maximum absolute atomic E-state index is 11.9. The Kier molecular flexibility index (Phi) is 52.3. The standard InChI is InChI=1S/C17H32N2O4S.C14H23NO5.C12H24N2O2S.C6H16N2S2.CN.B.BrH.Na/c1-16(2,3)23-15(22)19-12-17(11-14(20)21)7-5-13(6-8-17)18-9-4-10-24;1-13(2,3)20-12(19)15-9-14(8-11(17)18)6-4-10(16)5-7-14;13-9-12(8-11(15)16)4-2-10(3-5-12)14-6-1-7-17;7-3-1-5-9-10-6-2-4-8;1-2;;;/h13,18,24H,4-12H2,1-3H3,(H,19,22)(H,20,21);4-9H2,1-3H3,(H,15,19)(H,17,18);10,14,17H,1-9,13H2,(H,15,16);1-8H2;;;1H;/q;;;;-1;;;+1. The number of hydrogen-bond acceptors (Lipinski definition) is 18. The zero-order chi connectivity index (χ0) is 56.0. The number of amides is 2. The molecular formula is C50H96BBrN8NaO11S4. The van der Waals surface area contributed by atoms with Gasteiger partial charge in [0.25, 0.3) is 0 Å². The summed E-state index contributed by atoms with van der Waals surface area (Å²) in [6.07, 6.45) is 12.7. The van der Waals surface area contributed by atoms with E-state index in [1.54, 1.807) is 41.5 Å². The fourth-order valence-corrected chi connectivity index (χ4v) is 11.0. The molecule has 0 aromatic rings. The number of carboxylic acids is 3. The monoisotopic (exact) mass is 1230 g/mol. The topological polar surface area (TPSA) is 332 Å². The SMILES string of the molecule is Br.CC(C)(C)OC(=O)NCC1(CC(=O)O)CCC(=O)CC1.CC(C)(C)OC(=O)NCC1(CC(=O)O)CCC(NCCCS)CC1.NCC1(CC(=O)O)CCC(NCCCS)CC1.NCCCSSCCCN.[B].[C-]#N.[Na+]. The maximum Gasteiger partial charge on any atom is 1.00 e. The van der Waals surface area contributed by atoms with Crippen LogP contribution in [0.2, 0.25) is 0 Å². The van der Waals surface area contributed by atoms with Gasteiger partial charge in [0.05, 0.1) is 19.3 Å². The second-order valence-electron chi connectivity index (χ2n) is 21.2. The van der Waals surface area contributed by atoms with Crippen molar-refractivity contribution in [1.82, 2.24) is 21.3 Å². The third kappa shape index (κ3) is 44.6. The summed E-state index contributed by atoms with van der Waals surface area (Å²) in [4.78, 5) is 67.9. The van der Waals surface area contributed by atoms with Crippen molar-refractivity contribution in [3.8, 4) is 0 Å². The molecule has 2 amide bonds. The van der Waals surface area contributed by atoms with Crippen molar-refractivity contribution in [1.29, 1.82) is 5.26 Å². The number of carboxylic acid groups (broad SMARTS) is 3. The van der Waals surface area contributed by atoms with Gasteiger partial charge in [-0.3, -0.25) is 19.2 Å². The van der Waals surface area contributed by atoms with E-state index in [1.165, 1.54) is 11.5 Å². The Labute approximate surface area is 509 Å². The molecule has 3 fully saturated rings. The smallest absolute Gasteiger partial charge is 0.512 e. The number of nitrogens with one attached hydrogen (secondary N) is 4. The Morgan fingerprint density at radius 3 is 1.24 bits per heavy atom. The van der Waals surface area contributed by atoms with Gasteiger partial charge in [-0.25, -0.2) is 9.59 Å². The van der Waals surface area contributed by atoms with E-state index < -0.39 is 46.7 Å². The van der Waals surface area contributed by atoms with E-state index in [-0.39, 0.29) is 97.4 Å². The molecule has 3 radical (unpaired) electrons. The van der Waals surface area contributed by atoms with Crippen LogP contribution in [0.15, 0.2) is 0 Å². The van der Waals surface area contributed by atoms with Crippen LogP contribution < -0.4 is 68.0 Å². The predicted molar refractivity (Wildman–Crippen MR) is 316 cm³/mol. The molecule has 3 saturated carbocycles. The molecular weight excluding hydrogens is 1130 g/mol. The summed E-state index contributed by atoms with van der Waals surface area (Å²) in [6.45, 7) is 20.1. The number of nitrogens with two attached hydrogens (primary N) is 3. The number of rotatable bonds is 26. The summed E-state index contributed by atoms with van der Waals surface area (Å²) in [7, 11) is 3.80. The Balaban J connectivity index is -0.000000297. The first-order chi connectivity index (χ1) is 34.3. The van der Waals surface area contributed by atoms with Gasteiger partial charge >= 0.3 is 59.7 Å².